The van der Waals surface area contributed by atoms with Crippen LogP contribution in [0.4, 0.5) is 5.82 Å². The quantitative estimate of drug-likeness (QED) is 0.608. The number of hydrazine groups is 1. The Balaban J connectivity index is 2.17. The van der Waals surface area contributed by atoms with Crippen LogP contribution in [0.15, 0.2) is 52.6 Å². The van der Waals surface area contributed by atoms with Crippen molar-refractivity contribution in [1.29, 1.82) is 0 Å². The molecule has 0 fully saturated rings. The highest BCUT2D eigenvalue weighted by molar-refractivity contribution is 7.99. The first-order chi connectivity index (χ1) is 7.38. The number of nitrogens with zero attached hydrogens (tertiary/aromatic N) is 2. The van der Waals surface area contributed by atoms with E-state index in [-0.39, 0.29) is 0 Å². The van der Waals surface area contributed by atoms with E-state index in [1.54, 1.807) is 24.2 Å². The predicted octanol–water partition coefficient (Wildman–Crippen LogP) is 1.91. The second-order valence-corrected chi connectivity index (χ2v) is 3.88. The maximum atomic E-state index is 5.27. The third kappa shape index (κ3) is 2.68. The van der Waals surface area contributed by atoms with Crippen molar-refractivity contribution in [3.8, 4) is 0 Å². The Morgan fingerprint density at radius 1 is 1.13 bits per heavy atom. The average molecular weight is 218 g/mol. The topological polar surface area (TPSA) is 63.8 Å². The molecule has 0 saturated carbocycles. The van der Waals surface area contributed by atoms with Gasteiger partial charge >= 0.3 is 0 Å². The molecular formula is C10H10N4S. The van der Waals surface area contributed by atoms with E-state index in [0.29, 0.717) is 5.82 Å². The van der Waals surface area contributed by atoms with Crippen molar-refractivity contribution in [3.63, 3.8) is 0 Å². The minimum atomic E-state index is 0.649. The summed E-state index contributed by atoms with van der Waals surface area (Å²) in [5, 5.41) is 0.951. The van der Waals surface area contributed by atoms with Crippen LogP contribution in [0.1, 0.15) is 0 Å². The molecule has 0 amide bonds. The summed E-state index contributed by atoms with van der Waals surface area (Å²) < 4.78 is 0. The van der Waals surface area contributed by atoms with Crippen LogP contribution in [0.5, 0.6) is 0 Å². The number of nitrogen functional groups attached to an aromatic ring is 1. The van der Waals surface area contributed by atoms with Crippen LogP contribution < -0.4 is 11.3 Å². The Hall–Kier alpha value is -1.59. The molecular weight excluding hydrogens is 208 g/mol. The molecule has 0 unspecified atom stereocenters. The summed E-state index contributed by atoms with van der Waals surface area (Å²) in [6, 6.07) is 9.60. The first-order valence-electron chi connectivity index (χ1n) is 4.40. The molecule has 0 aromatic carbocycles. The van der Waals surface area contributed by atoms with Gasteiger partial charge in [0.2, 0.25) is 0 Å². The monoisotopic (exact) mass is 218 g/mol. The third-order valence-electron chi connectivity index (χ3n) is 1.74. The highest BCUT2D eigenvalue weighted by Crippen LogP contribution is 2.26. The lowest BCUT2D eigenvalue weighted by Crippen LogP contribution is -2.07. The summed E-state index contributed by atoms with van der Waals surface area (Å²) in [4.78, 5) is 9.30. The smallest absolute Gasteiger partial charge is 0.140 e. The summed E-state index contributed by atoms with van der Waals surface area (Å²) >= 11 is 1.57. The number of aromatic nitrogens is 2. The molecule has 0 atom stereocenters. The van der Waals surface area contributed by atoms with Crippen LogP contribution in [-0.4, -0.2) is 9.97 Å². The van der Waals surface area contributed by atoms with Crippen LogP contribution in [0, 0.1) is 0 Å². The molecule has 0 aliphatic heterocycles. The molecule has 0 radical (unpaired) electrons. The second kappa shape index (κ2) is 4.77. The second-order valence-electron chi connectivity index (χ2n) is 2.79. The number of nitrogens with one attached hydrogen (secondary N) is 1. The van der Waals surface area contributed by atoms with Crippen LogP contribution >= 0.6 is 11.8 Å². The fraction of sp³-hybridized carbons (Fsp3) is 0. The Labute approximate surface area is 91.9 Å². The number of nitrogens with two attached hydrogens (primary N) is 1. The van der Waals surface area contributed by atoms with Gasteiger partial charge in [-0.25, -0.2) is 15.8 Å². The lowest BCUT2D eigenvalue weighted by atomic mass is 10.5. The van der Waals surface area contributed by atoms with Gasteiger partial charge in [-0.3, -0.25) is 0 Å². The Morgan fingerprint density at radius 3 is 2.80 bits per heavy atom. The van der Waals surface area contributed by atoms with Gasteiger partial charge in [0, 0.05) is 17.3 Å². The van der Waals surface area contributed by atoms with Gasteiger partial charge in [-0.1, -0.05) is 17.8 Å². The van der Waals surface area contributed by atoms with E-state index >= 15 is 0 Å². The van der Waals surface area contributed by atoms with E-state index in [9.17, 15) is 0 Å². The van der Waals surface area contributed by atoms with Crippen molar-refractivity contribution in [2.24, 2.45) is 5.84 Å². The average Bonchev–Trinajstić information content (AvgIpc) is 2.31. The number of rotatable bonds is 3. The SMILES string of the molecule is NNc1cc(Sc2ccccn2)ccn1. The lowest BCUT2D eigenvalue weighted by Gasteiger charge is -2.02. The number of anilines is 1. The fourth-order valence-electron chi connectivity index (χ4n) is 1.08. The van der Waals surface area contributed by atoms with Crippen LogP contribution in [-0.2, 0) is 0 Å². The van der Waals surface area contributed by atoms with Gasteiger partial charge in [0.1, 0.15) is 10.8 Å². The fourth-order valence-corrected chi connectivity index (χ4v) is 1.88. The predicted molar refractivity (Wildman–Crippen MR) is 60.4 cm³/mol. The first-order valence-corrected chi connectivity index (χ1v) is 5.22. The molecule has 15 heavy (non-hydrogen) atoms. The molecule has 2 aromatic heterocycles. The third-order valence-corrected chi connectivity index (χ3v) is 2.68. The summed E-state index contributed by atoms with van der Waals surface area (Å²) in [5.74, 6) is 5.92. The van der Waals surface area contributed by atoms with Crippen molar-refractivity contribution >= 4 is 17.6 Å². The van der Waals surface area contributed by atoms with Gasteiger partial charge in [-0.15, -0.1) is 0 Å². The van der Waals surface area contributed by atoms with E-state index in [2.05, 4.69) is 15.4 Å². The van der Waals surface area contributed by atoms with Crippen molar-refractivity contribution in [1.82, 2.24) is 9.97 Å². The maximum absolute atomic E-state index is 5.27. The highest BCUT2D eigenvalue weighted by atomic mass is 32.2. The molecule has 0 aliphatic carbocycles. The van der Waals surface area contributed by atoms with E-state index < -0.39 is 0 Å². The zero-order valence-electron chi connectivity index (χ0n) is 7.92. The minimum absolute atomic E-state index is 0.649. The van der Waals surface area contributed by atoms with Crippen LogP contribution in [0.25, 0.3) is 0 Å². The summed E-state index contributed by atoms with van der Waals surface area (Å²) in [6.45, 7) is 0. The molecule has 2 aromatic rings. The summed E-state index contributed by atoms with van der Waals surface area (Å²) in [5.41, 5.74) is 2.51. The number of hydrogen-bond acceptors (Lipinski definition) is 5. The maximum Gasteiger partial charge on any atom is 0.140 e. The van der Waals surface area contributed by atoms with Crippen LogP contribution in [0.2, 0.25) is 0 Å². The Bertz CT molecular complexity index is 432. The Kier molecular flexibility index (Phi) is 3.16. The molecule has 0 aliphatic rings. The van der Waals surface area contributed by atoms with Crippen molar-refractivity contribution in [2.75, 3.05) is 5.43 Å². The molecule has 2 heterocycles. The van der Waals surface area contributed by atoms with Crippen molar-refractivity contribution < 1.29 is 0 Å². The summed E-state index contributed by atoms with van der Waals surface area (Å²) in [7, 11) is 0. The standard InChI is InChI=1S/C10H10N4S/c11-14-9-7-8(4-6-12-9)15-10-3-1-2-5-13-10/h1-7H,11H2,(H,12,14). The van der Waals surface area contributed by atoms with Crippen molar-refractivity contribution in [2.45, 2.75) is 9.92 Å². The largest absolute Gasteiger partial charge is 0.308 e. The van der Waals surface area contributed by atoms with E-state index in [0.717, 1.165) is 9.92 Å². The lowest BCUT2D eigenvalue weighted by molar-refractivity contribution is 1.13. The van der Waals surface area contributed by atoms with Gasteiger partial charge < -0.3 is 5.43 Å². The summed E-state index contributed by atoms with van der Waals surface area (Å²) in [6.07, 6.45) is 3.48. The zero-order chi connectivity index (χ0) is 10.5. The van der Waals surface area contributed by atoms with Gasteiger partial charge in [0.05, 0.1) is 0 Å². The highest BCUT2D eigenvalue weighted by Gasteiger charge is 1.99. The molecule has 3 N–H and O–H groups in total. The molecule has 2 rings (SSSR count). The zero-order valence-corrected chi connectivity index (χ0v) is 8.74. The minimum Gasteiger partial charge on any atom is -0.308 e. The van der Waals surface area contributed by atoms with Gasteiger partial charge in [0.25, 0.3) is 0 Å². The molecule has 0 saturated heterocycles. The van der Waals surface area contributed by atoms with E-state index in [1.807, 2.05) is 30.3 Å². The van der Waals surface area contributed by atoms with E-state index in [1.165, 1.54) is 0 Å². The van der Waals surface area contributed by atoms with Gasteiger partial charge in [-0.05, 0) is 24.3 Å². The van der Waals surface area contributed by atoms with Gasteiger partial charge in [-0.2, -0.15) is 0 Å². The van der Waals surface area contributed by atoms with Crippen LogP contribution in [0.3, 0.4) is 0 Å². The Morgan fingerprint density at radius 2 is 2.07 bits per heavy atom. The molecule has 76 valence electrons. The normalized spacial score (nSPS) is 9.93. The molecule has 5 heteroatoms. The van der Waals surface area contributed by atoms with Gasteiger partial charge in [0.15, 0.2) is 0 Å². The molecule has 0 spiro atoms. The first kappa shape index (κ1) is 9.95. The number of hydrogen-bond donors (Lipinski definition) is 2. The molecule has 4 nitrogen and oxygen atoms in total. The van der Waals surface area contributed by atoms with E-state index in [4.69, 9.17) is 5.84 Å². The number of pyridine rings is 2. The van der Waals surface area contributed by atoms with Crippen molar-refractivity contribution in [3.05, 3.63) is 42.7 Å². The molecule has 0 bridgehead atoms.